The first-order valence-electron chi connectivity index (χ1n) is 8.84. The summed E-state index contributed by atoms with van der Waals surface area (Å²) in [5.41, 5.74) is 2.23. The standard InChI is InChI=1S/C20H23N5/c1-16-15-19(23-22-16)25-18(10-9-17-7-3-2-4-8-17)21-12-11-20(25)24-13-5-6-14-24/h2-4,7-12,15,18H,5-6,13-14H2,1H3,(H,22,23)/b10-9+. The topological polar surface area (TPSA) is 47.5 Å². The number of aromatic nitrogens is 2. The van der Waals surface area contributed by atoms with E-state index in [4.69, 9.17) is 4.99 Å². The van der Waals surface area contributed by atoms with Crippen molar-refractivity contribution in [1.82, 2.24) is 15.1 Å². The highest BCUT2D eigenvalue weighted by Crippen LogP contribution is 2.28. The molecule has 5 heteroatoms. The van der Waals surface area contributed by atoms with Crippen LogP contribution in [0.2, 0.25) is 0 Å². The smallest absolute Gasteiger partial charge is 0.158 e. The largest absolute Gasteiger partial charge is 0.358 e. The maximum Gasteiger partial charge on any atom is 0.158 e. The number of anilines is 1. The van der Waals surface area contributed by atoms with Crippen LogP contribution in [0.15, 0.2) is 59.4 Å². The zero-order valence-electron chi connectivity index (χ0n) is 14.5. The van der Waals surface area contributed by atoms with Crippen LogP contribution in [0.5, 0.6) is 0 Å². The number of allylic oxidation sites excluding steroid dienone is 1. The summed E-state index contributed by atoms with van der Waals surface area (Å²) in [6.45, 7) is 4.21. The lowest BCUT2D eigenvalue weighted by Gasteiger charge is -2.36. The van der Waals surface area contributed by atoms with Crippen molar-refractivity contribution in [2.45, 2.75) is 25.9 Å². The summed E-state index contributed by atoms with van der Waals surface area (Å²) >= 11 is 0. The molecule has 0 radical (unpaired) electrons. The van der Waals surface area contributed by atoms with Gasteiger partial charge in [-0.1, -0.05) is 36.4 Å². The van der Waals surface area contributed by atoms with E-state index in [9.17, 15) is 0 Å². The third-order valence-electron chi connectivity index (χ3n) is 4.60. The van der Waals surface area contributed by atoms with Gasteiger partial charge in [0.1, 0.15) is 12.0 Å². The fraction of sp³-hybridized carbons (Fsp3) is 0.300. The molecule has 1 unspecified atom stereocenters. The highest BCUT2D eigenvalue weighted by molar-refractivity contribution is 5.77. The summed E-state index contributed by atoms with van der Waals surface area (Å²) in [5, 5.41) is 7.55. The van der Waals surface area contributed by atoms with Gasteiger partial charge in [0.05, 0.1) is 0 Å². The molecule has 3 heterocycles. The summed E-state index contributed by atoms with van der Waals surface area (Å²) in [4.78, 5) is 9.34. The normalized spacial score (nSPS) is 20.5. The highest BCUT2D eigenvalue weighted by atomic mass is 15.4. The van der Waals surface area contributed by atoms with Gasteiger partial charge in [-0.2, -0.15) is 5.10 Å². The van der Waals surface area contributed by atoms with Gasteiger partial charge in [-0.05, 0) is 37.5 Å². The Kier molecular flexibility index (Phi) is 4.37. The zero-order chi connectivity index (χ0) is 17.1. The minimum absolute atomic E-state index is 0.0940. The van der Waals surface area contributed by atoms with Gasteiger partial charge in [0.2, 0.25) is 0 Å². The Hall–Kier alpha value is -2.82. The van der Waals surface area contributed by atoms with Gasteiger partial charge in [0.25, 0.3) is 0 Å². The van der Waals surface area contributed by atoms with E-state index >= 15 is 0 Å². The lowest BCUT2D eigenvalue weighted by atomic mass is 10.2. The number of aryl methyl sites for hydroxylation is 1. The molecular formula is C20H23N5. The second-order valence-electron chi connectivity index (χ2n) is 6.48. The lowest BCUT2D eigenvalue weighted by Crippen LogP contribution is -2.41. The van der Waals surface area contributed by atoms with Crippen molar-refractivity contribution in [2.75, 3.05) is 18.0 Å². The Bertz CT molecular complexity index is 797. The molecule has 1 aromatic carbocycles. The van der Waals surface area contributed by atoms with Gasteiger partial charge >= 0.3 is 0 Å². The van der Waals surface area contributed by atoms with E-state index in [-0.39, 0.29) is 6.17 Å². The minimum atomic E-state index is -0.0940. The fourth-order valence-corrected chi connectivity index (χ4v) is 3.36. The molecule has 2 aliphatic heterocycles. The molecule has 1 aromatic heterocycles. The van der Waals surface area contributed by atoms with E-state index in [0.29, 0.717) is 0 Å². The van der Waals surface area contributed by atoms with Crippen molar-refractivity contribution in [3.8, 4) is 0 Å². The predicted octanol–water partition coefficient (Wildman–Crippen LogP) is 3.59. The first kappa shape index (κ1) is 15.7. The molecule has 128 valence electrons. The lowest BCUT2D eigenvalue weighted by molar-refractivity contribution is 0.402. The number of likely N-dealkylation sites (tertiary alicyclic amines) is 1. The van der Waals surface area contributed by atoms with Crippen LogP contribution in [0.4, 0.5) is 5.82 Å². The Labute approximate surface area is 148 Å². The first-order valence-corrected chi connectivity index (χ1v) is 8.84. The molecule has 1 saturated heterocycles. The number of hydrogen-bond acceptors (Lipinski definition) is 4. The summed E-state index contributed by atoms with van der Waals surface area (Å²) in [6, 6.07) is 12.4. The number of aliphatic imine (C=N–C) groups is 1. The first-order chi connectivity index (χ1) is 12.3. The third kappa shape index (κ3) is 3.36. The van der Waals surface area contributed by atoms with Crippen molar-refractivity contribution < 1.29 is 0 Å². The van der Waals surface area contributed by atoms with Crippen LogP contribution >= 0.6 is 0 Å². The van der Waals surface area contributed by atoms with Crippen molar-refractivity contribution in [1.29, 1.82) is 0 Å². The van der Waals surface area contributed by atoms with Crippen LogP contribution in [-0.2, 0) is 0 Å². The van der Waals surface area contributed by atoms with E-state index in [2.05, 4.69) is 56.4 Å². The van der Waals surface area contributed by atoms with Gasteiger partial charge in [-0.15, -0.1) is 0 Å². The summed E-state index contributed by atoms with van der Waals surface area (Å²) < 4.78 is 0. The van der Waals surface area contributed by atoms with Crippen LogP contribution < -0.4 is 4.90 Å². The van der Waals surface area contributed by atoms with Crippen molar-refractivity contribution in [2.24, 2.45) is 4.99 Å². The van der Waals surface area contributed by atoms with Crippen LogP contribution in [-0.4, -0.2) is 40.6 Å². The molecule has 4 rings (SSSR count). The number of aromatic amines is 1. The summed E-state index contributed by atoms with van der Waals surface area (Å²) in [7, 11) is 0. The van der Waals surface area contributed by atoms with Gasteiger partial charge < -0.3 is 4.90 Å². The maximum atomic E-state index is 4.69. The molecule has 25 heavy (non-hydrogen) atoms. The fourth-order valence-electron chi connectivity index (χ4n) is 3.36. The third-order valence-corrected chi connectivity index (χ3v) is 4.60. The molecule has 1 fully saturated rings. The number of nitrogens with zero attached hydrogens (tertiary/aromatic N) is 4. The monoisotopic (exact) mass is 333 g/mol. The van der Waals surface area contributed by atoms with Crippen molar-refractivity contribution >= 4 is 18.1 Å². The second-order valence-corrected chi connectivity index (χ2v) is 6.48. The Morgan fingerprint density at radius 1 is 1.16 bits per heavy atom. The average Bonchev–Trinajstić information content (AvgIpc) is 3.32. The SMILES string of the molecule is Cc1cc(N2C(N3CCCC3)=CC=NC2/C=C/c2ccccc2)n[nH]1. The van der Waals surface area contributed by atoms with Crippen molar-refractivity contribution in [3.63, 3.8) is 0 Å². The number of hydrogen-bond donors (Lipinski definition) is 1. The van der Waals surface area contributed by atoms with E-state index < -0.39 is 0 Å². The van der Waals surface area contributed by atoms with E-state index in [1.807, 2.05) is 31.3 Å². The van der Waals surface area contributed by atoms with Crippen LogP contribution in [0.3, 0.4) is 0 Å². The number of H-pyrrole nitrogens is 1. The Morgan fingerprint density at radius 2 is 1.96 bits per heavy atom. The second kappa shape index (κ2) is 6.97. The van der Waals surface area contributed by atoms with E-state index in [0.717, 1.165) is 24.6 Å². The maximum absolute atomic E-state index is 4.69. The van der Waals surface area contributed by atoms with Crippen LogP contribution in [0, 0.1) is 6.92 Å². The molecule has 1 atom stereocenters. The zero-order valence-corrected chi connectivity index (χ0v) is 14.5. The van der Waals surface area contributed by atoms with Gasteiger partial charge in [0.15, 0.2) is 5.82 Å². The molecule has 5 nitrogen and oxygen atoms in total. The molecule has 0 bridgehead atoms. The van der Waals surface area contributed by atoms with Crippen molar-refractivity contribution in [3.05, 3.63) is 65.6 Å². The summed E-state index contributed by atoms with van der Waals surface area (Å²) in [5.74, 6) is 2.09. The van der Waals surface area contributed by atoms with E-state index in [1.165, 1.54) is 24.2 Å². The Morgan fingerprint density at radius 3 is 2.68 bits per heavy atom. The average molecular weight is 333 g/mol. The summed E-state index contributed by atoms with van der Waals surface area (Å²) in [6.07, 6.45) is 10.7. The molecule has 0 saturated carbocycles. The van der Waals surface area contributed by atoms with Gasteiger partial charge in [0, 0.05) is 31.1 Å². The number of nitrogens with one attached hydrogen (secondary N) is 1. The molecule has 2 aliphatic rings. The molecule has 0 spiro atoms. The number of benzene rings is 1. The molecule has 2 aromatic rings. The predicted molar refractivity (Wildman–Crippen MR) is 102 cm³/mol. The quantitative estimate of drug-likeness (QED) is 0.930. The molecule has 0 aliphatic carbocycles. The van der Waals surface area contributed by atoms with Crippen LogP contribution in [0.1, 0.15) is 24.1 Å². The minimum Gasteiger partial charge on any atom is -0.358 e. The Balaban J connectivity index is 1.66. The highest BCUT2D eigenvalue weighted by Gasteiger charge is 2.28. The van der Waals surface area contributed by atoms with Gasteiger partial charge in [-0.3, -0.25) is 15.0 Å². The van der Waals surface area contributed by atoms with E-state index in [1.54, 1.807) is 0 Å². The van der Waals surface area contributed by atoms with Gasteiger partial charge in [-0.25, -0.2) is 0 Å². The molecular weight excluding hydrogens is 310 g/mol. The number of rotatable bonds is 4. The molecule has 0 amide bonds. The van der Waals surface area contributed by atoms with Crippen LogP contribution in [0.25, 0.3) is 6.08 Å². The molecule has 1 N–H and O–H groups in total.